The molecule has 0 amide bonds. The van der Waals surface area contributed by atoms with Gasteiger partial charge in [-0.05, 0) is 46.6 Å². The quantitative estimate of drug-likeness (QED) is 0.551. The number of hydrogen-bond acceptors (Lipinski definition) is 3. The molecule has 0 aliphatic rings. The molecule has 0 atom stereocenters. The predicted octanol–water partition coefficient (Wildman–Crippen LogP) is 4.92. The second-order valence-electron chi connectivity index (χ2n) is 4.19. The topological polar surface area (TPSA) is 26.3 Å². The van der Waals surface area contributed by atoms with Gasteiger partial charge >= 0.3 is 0 Å². The van der Waals surface area contributed by atoms with Crippen LogP contribution in [0.25, 0.3) is 0 Å². The third-order valence-electron chi connectivity index (χ3n) is 2.74. The highest BCUT2D eigenvalue weighted by Gasteiger charge is 2.13. The average Bonchev–Trinajstić information content (AvgIpc) is 2.85. The van der Waals surface area contributed by atoms with Crippen molar-refractivity contribution in [2.24, 2.45) is 0 Å². The molecule has 0 fully saturated rings. The molecule has 19 heavy (non-hydrogen) atoms. The molecule has 0 bridgehead atoms. The number of ketones is 1. The van der Waals surface area contributed by atoms with Crippen LogP contribution in [-0.4, -0.2) is 12.4 Å². The Morgan fingerprint density at radius 3 is 2.58 bits per heavy atom. The highest BCUT2D eigenvalue weighted by molar-refractivity contribution is 9.10. The minimum atomic E-state index is 0.0354. The van der Waals surface area contributed by atoms with Crippen molar-refractivity contribution >= 4 is 33.0 Å². The smallest absolute Gasteiger partial charge is 0.195 e. The summed E-state index contributed by atoms with van der Waals surface area (Å²) >= 11 is 4.90. The lowest BCUT2D eigenvalue weighted by Gasteiger charge is -2.06. The summed E-state index contributed by atoms with van der Waals surface area (Å²) < 4.78 is 6.43. The Hall–Kier alpha value is -1.13. The second kappa shape index (κ2) is 6.87. The average molecular weight is 339 g/mol. The lowest BCUT2D eigenvalue weighted by molar-refractivity contribution is 0.103. The van der Waals surface area contributed by atoms with E-state index in [9.17, 15) is 4.79 Å². The van der Waals surface area contributed by atoms with E-state index in [-0.39, 0.29) is 5.78 Å². The zero-order chi connectivity index (χ0) is 13.7. The van der Waals surface area contributed by atoms with Gasteiger partial charge in [-0.2, -0.15) is 11.3 Å². The first-order valence-corrected chi connectivity index (χ1v) is 7.95. The van der Waals surface area contributed by atoms with Gasteiger partial charge in [0.1, 0.15) is 5.75 Å². The van der Waals surface area contributed by atoms with Gasteiger partial charge in [-0.15, -0.1) is 0 Å². The molecule has 0 saturated carbocycles. The van der Waals surface area contributed by atoms with Crippen LogP contribution in [0.2, 0.25) is 0 Å². The molecule has 0 aliphatic heterocycles. The van der Waals surface area contributed by atoms with E-state index in [1.807, 2.05) is 35.0 Å². The summed E-state index contributed by atoms with van der Waals surface area (Å²) in [6.45, 7) is 2.85. The van der Waals surface area contributed by atoms with Gasteiger partial charge in [-0.1, -0.05) is 13.3 Å². The van der Waals surface area contributed by atoms with Crippen molar-refractivity contribution in [2.75, 3.05) is 6.61 Å². The Morgan fingerprint density at radius 2 is 2.00 bits per heavy atom. The zero-order valence-electron chi connectivity index (χ0n) is 10.7. The number of unbranched alkanes of at least 4 members (excludes halogenated alkanes) is 1. The minimum Gasteiger partial charge on any atom is -0.494 e. The van der Waals surface area contributed by atoms with Gasteiger partial charge in [0.2, 0.25) is 0 Å². The molecular formula is C15H15BrO2S. The number of carbonyl (C=O) groups excluding carboxylic acids is 1. The van der Waals surface area contributed by atoms with Gasteiger partial charge in [0.05, 0.1) is 6.61 Å². The van der Waals surface area contributed by atoms with E-state index >= 15 is 0 Å². The van der Waals surface area contributed by atoms with Crippen molar-refractivity contribution in [1.29, 1.82) is 0 Å². The van der Waals surface area contributed by atoms with Gasteiger partial charge in [-0.3, -0.25) is 4.79 Å². The van der Waals surface area contributed by atoms with Crippen LogP contribution in [0.3, 0.4) is 0 Å². The number of halogens is 1. The Balaban J connectivity index is 2.06. The van der Waals surface area contributed by atoms with Gasteiger partial charge in [-0.25, -0.2) is 0 Å². The van der Waals surface area contributed by atoms with Crippen LogP contribution in [0.5, 0.6) is 5.75 Å². The highest BCUT2D eigenvalue weighted by Crippen LogP contribution is 2.24. The summed E-state index contributed by atoms with van der Waals surface area (Å²) in [6, 6.07) is 7.33. The molecule has 2 nitrogen and oxygen atoms in total. The van der Waals surface area contributed by atoms with Crippen molar-refractivity contribution in [3.8, 4) is 5.75 Å². The van der Waals surface area contributed by atoms with Crippen molar-refractivity contribution in [2.45, 2.75) is 19.8 Å². The van der Waals surface area contributed by atoms with Crippen LogP contribution in [0, 0.1) is 0 Å². The van der Waals surface area contributed by atoms with Gasteiger partial charge in [0, 0.05) is 26.4 Å². The lowest BCUT2D eigenvalue weighted by Crippen LogP contribution is -2.01. The van der Waals surface area contributed by atoms with Crippen LogP contribution in [-0.2, 0) is 0 Å². The maximum Gasteiger partial charge on any atom is 0.195 e. The van der Waals surface area contributed by atoms with E-state index in [2.05, 4.69) is 22.9 Å². The second-order valence-corrected chi connectivity index (χ2v) is 5.79. The molecular weight excluding hydrogens is 324 g/mol. The van der Waals surface area contributed by atoms with Crippen molar-refractivity contribution < 1.29 is 9.53 Å². The molecule has 1 heterocycles. The van der Waals surface area contributed by atoms with E-state index in [0.29, 0.717) is 11.1 Å². The number of thiophene rings is 1. The number of ether oxygens (including phenoxy) is 1. The molecule has 4 heteroatoms. The molecule has 2 aromatic rings. The van der Waals surface area contributed by atoms with Crippen LogP contribution >= 0.6 is 27.3 Å². The Labute approximate surface area is 125 Å². The van der Waals surface area contributed by atoms with Crippen LogP contribution in [0.15, 0.2) is 39.5 Å². The number of rotatable bonds is 6. The molecule has 0 spiro atoms. The third kappa shape index (κ3) is 3.67. The van der Waals surface area contributed by atoms with Gasteiger partial charge in [0.25, 0.3) is 0 Å². The third-order valence-corrected chi connectivity index (χ3v) is 4.45. The molecule has 100 valence electrons. The highest BCUT2D eigenvalue weighted by atomic mass is 79.9. The first-order chi connectivity index (χ1) is 9.22. The first kappa shape index (κ1) is 14.3. The fraction of sp³-hybridized carbons (Fsp3) is 0.267. The summed E-state index contributed by atoms with van der Waals surface area (Å²) in [5.74, 6) is 0.850. The number of hydrogen-bond donors (Lipinski definition) is 0. The Bertz CT molecular complexity index is 546. The van der Waals surface area contributed by atoms with Crippen LogP contribution < -0.4 is 4.74 Å². The molecule has 1 aromatic carbocycles. The number of benzene rings is 1. The van der Waals surface area contributed by atoms with Crippen molar-refractivity contribution in [3.05, 3.63) is 50.6 Å². The van der Waals surface area contributed by atoms with Gasteiger partial charge in [0.15, 0.2) is 5.78 Å². The maximum atomic E-state index is 12.2. The number of carbonyl (C=O) groups is 1. The Kier molecular flexibility index (Phi) is 5.16. The largest absolute Gasteiger partial charge is 0.494 e. The van der Waals surface area contributed by atoms with Crippen molar-refractivity contribution in [3.63, 3.8) is 0 Å². The van der Waals surface area contributed by atoms with E-state index in [0.717, 1.165) is 29.7 Å². The standard InChI is InChI=1S/C15H15BrO2S/c1-2-3-8-18-12-6-4-11(5-7-12)15(17)13-9-19-10-14(13)16/h4-7,9-10H,2-3,8H2,1H3. The summed E-state index contributed by atoms with van der Waals surface area (Å²) in [5.41, 5.74) is 1.39. The van der Waals surface area contributed by atoms with Crippen LogP contribution in [0.1, 0.15) is 35.7 Å². The predicted molar refractivity (Wildman–Crippen MR) is 82.3 cm³/mol. The maximum absolute atomic E-state index is 12.2. The molecule has 0 unspecified atom stereocenters. The van der Waals surface area contributed by atoms with Gasteiger partial charge < -0.3 is 4.74 Å². The molecule has 0 aliphatic carbocycles. The fourth-order valence-corrected chi connectivity index (χ4v) is 3.09. The normalized spacial score (nSPS) is 10.4. The van der Waals surface area contributed by atoms with E-state index in [1.54, 1.807) is 0 Å². The van der Waals surface area contributed by atoms with Crippen LogP contribution in [0.4, 0.5) is 0 Å². The molecule has 2 rings (SSSR count). The molecule has 0 saturated heterocycles. The summed E-state index contributed by atoms with van der Waals surface area (Å²) in [6.07, 6.45) is 2.16. The van der Waals surface area contributed by atoms with E-state index in [1.165, 1.54) is 11.3 Å². The summed E-state index contributed by atoms with van der Waals surface area (Å²) in [7, 11) is 0. The van der Waals surface area contributed by atoms with Crippen molar-refractivity contribution in [1.82, 2.24) is 0 Å². The monoisotopic (exact) mass is 338 g/mol. The summed E-state index contributed by atoms with van der Waals surface area (Å²) in [4.78, 5) is 12.2. The first-order valence-electron chi connectivity index (χ1n) is 6.21. The zero-order valence-corrected chi connectivity index (χ0v) is 13.1. The van der Waals surface area contributed by atoms with E-state index in [4.69, 9.17) is 4.74 Å². The fourth-order valence-electron chi connectivity index (χ4n) is 1.64. The minimum absolute atomic E-state index is 0.0354. The SMILES string of the molecule is CCCCOc1ccc(C(=O)c2cscc2Br)cc1. The molecule has 0 radical (unpaired) electrons. The molecule has 0 N–H and O–H groups in total. The molecule has 1 aromatic heterocycles. The lowest BCUT2D eigenvalue weighted by atomic mass is 10.1. The van der Waals surface area contributed by atoms with E-state index < -0.39 is 0 Å². The Morgan fingerprint density at radius 1 is 1.26 bits per heavy atom. The summed E-state index contributed by atoms with van der Waals surface area (Å²) in [5, 5.41) is 3.77.